The summed E-state index contributed by atoms with van der Waals surface area (Å²) in [6, 6.07) is 25.4. The Labute approximate surface area is 167 Å². The summed E-state index contributed by atoms with van der Waals surface area (Å²) in [7, 11) is 0. The quantitative estimate of drug-likeness (QED) is 0.383. The zero-order valence-corrected chi connectivity index (χ0v) is 15.9. The molecular formula is C25H18N2O2. The highest BCUT2D eigenvalue weighted by Crippen LogP contribution is 2.36. The molecule has 0 spiro atoms. The summed E-state index contributed by atoms with van der Waals surface area (Å²) >= 11 is 0. The van der Waals surface area contributed by atoms with E-state index in [9.17, 15) is 4.79 Å². The molecule has 0 aliphatic rings. The van der Waals surface area contributed by atoms with Crippen LogP contribution in [0, 0.1) is 6.92 Å². The van der Waals surface area contributed by atoms with Crippen molar-refractivity contribution >= 4 is 11.0 Å². The van der Waals surface area contributed by atoms with Crippen molar-refractivity contribution in [3.8, 4) is 27.9 Å². The molecule has 5 rings (SSSR count). The molecule has 0 N–H and O–H groups in total. The lowest BCUT2D eigenvalue weighted by atomic mass is 9.94. The van der Waals surface area contributed by atoms with Gasteiger partial charge in [-0.3, -0.25) is 0 Å². The average Bonchev–Trinajstić information content (AvgIpc) is 3.24. The molecule has 4 heteroatoms. The Morgan fingerprint density at radius 1 is 0.828 bits per heavy atom. The first-order chi connectivity index (χ1) is 14.2. The third-order valence-corrected chi connectivity index (χ3v) is 5.02. The number of hydrogen-bond donors (Lipinski definition) is 0. The van der Waals surface area contributed by atoms with E-state index < -0.39 is 0 Å². The molecule has 0 saturated heterocycles. The summed E-state index contributed by atoms with van der Waals surface area (Å²) in [5.41, 5.74) is 5.37. The molecule has 0 fully saturated rings. The van der Waals surface area contributed by atoms with Gasteiger partial charge in [0.25, 0.3) is 0 Å². The lowest BCUT2D eigenvalue weighted by Gasteiger charge is -2.11. The fraction of sp³-hybridized carbons (Fsp3) is 0.0400. The van der Waals surface area contributed by atoms with Gasteiger partial charge in [-0.15, -0.1) is 0 Å². The largest absolute Gasteiger partial charge is 0.422 e. The van der Waals surface area contributed by atoms with Crippen molar-refractivity contribution in [2.24, 2.45) is 0 Å². The molecule has 4 nitrogen and oxygen atoms in total. The Kier molecular flexibility index (Phi) is 4.10. The van der Waals surface area contributed by atoms with Gasteiger partial charge in [0, 0.05) is 22.7 Å². The lowest BCUT2D eigenvalue weighted by Crippen LogP contribution is -2.06. The zero-order valence-electron chi connectivity index (χ0n) is 15.9. The Bertz CT molecular complexity index is 1370. The second kappa shape index (κ2) is 6.91. The van der Waals surface area contributed by atoms with E-state index in [1.807, 2.05) is 90.6 Å². The third-order valence-electron chi connectivity index (χ3n) is 5.02. The Morgan fingerprint density at radius 2 is 1.55 bits per heavy atom. The van der Waals surface area contributed by atoms with Crippen LogP contribution in [0.15, 0.2) is 100 Å². The van der Waals surface area contributed by atoms with E-state index in [1.165, 1.54) is 0 Å². The van der Waals surface area contributed by atoms with Crippen LogP contribution < -0.4 is 5.63 Å². The SMILES string of the molecule is Cc1ccc2oc(=O)c(-c3ccccc3)c(-c3cnn(-c4ccccc4)c3)c2c1. The van der Waals surface area contributed by atoms with Crippen LogP contribution in [-0.2, 0) is 0 Å². The van der Waals surface area contributed by atoms with E-state index in [4.69, 9.17) is 4.42 Å². The number of fused-ring (bicyclic) bond motifs is 1. The highest BCUT2D eigenvalue weighted by Gasteiger charge is 2.19. The van der Waals surface area contributed by atoms with Crippen LogP contribution >= 0.6 is 0 Å². The zero-order chi connectivity index (χ0) is 19.8. The van der Waals surface area contributed by atoms with Crippen LogP contribution in [0.5, 0.6) is 0 Å². The minimum atomic E-state index is -0.352. The Hall–Kier alpha value is -3.92. The molecule has 0 unspecified atom stereocenters. The number of aryl methyl sites for hydroxylation is 1. The second-order valence-corrected chi connectivity index (χ2v) is 7.01. The standard InChI is InChI=1S/C25H18N2O2/c1-17-12-13-22-21(14-17)23(24(25(28)29-22)18-8-4-2-5-9-18)19-15-26-27(16-19)20-10-6-3-7-11-20/h2-16H,1H3. The van der Waals surface area contributed by atoms with Gasteiger partial charge in [0.2, 0.25) is 0 Å². The maximum atomic E-state index is 13.0. The molecule has 140 valence electrons. The number of nitrogens with zero attached hydrogens (tertiary/aromatic N) is 2. The summed E-state index contributed by atoms with van der Waals surface area (Å²) in [6.07, 6.45) is 3.76. The van der Waals surface area contributed by atoms with Crippen LogP contribution in [-0.4, -0.2) is 9.78 Å². The van der Waals surface area contributed by atoms with E-state index in [0.717, 1.165) is 33.3 Å². The number of hydrogen-bond acceptors (Lipinski definition) is 3. The molecule has 0 aliphatic carbocycles. The van der Waals surface area contributed by atoms with Gasteiger partial charge in [0.15, 0.2) is 0 Å². The predicted octanol–water partition coefficient (Wildman–Crippen LogP) is 5.62. The lowest BCUT2D eigenvalue weighted by molar-refractivity contribution is 0.564. The van der Waals surface area contributed by atoms with Gasteiger partial charge in [0.1, 0.15) is 5.58 Å². The first kappa shape index (κ1) is 17.2. The fourth-order valence-electron chi connectivity index (χ4n) is 3.66. The third kappa shape index (κ3) is 3.05. The monoisotopic (exact) mass is 378 g/mol. The van der Waals surface area contributed by atoms with Crippen molar-refractivity contribution in [2.45, 2.75) is 6.92 Å². The summed E-state index contributed by atoms with van der Waals surface area (Å²) in [4.78, 5) is 13.0. The van der Waals surface area contributed by atoms with Gasteiger partial charge in [0.05, 0.1) is 17.4 Å². The van der Waals surface area contributed by atoms with Crippen LogP contribution in [0.25, 0.3) is 38.9 Å². The number of benzene rings is 3. The van der Waals surface area contributed by atoms with Gasteiger partial charge in [-0.05, 0) is 36.8 Å². The number of aromatic nitrogens is 2. The second-order valence-electron chi connectivity index (χ2n) is 7.01. The van der Waals surface area contributed by atoms with Gasteiger partial charge in [-0.1, -0.05) is 60.2 Å². The van der Waals surface area contributed by atoms with Crippen molar-refractivity contribution in [2.75, 3.05) is 0 Å². The van der Waals surface area contributed by atoms with Gasteiger partial charge >= 0.3 is 5.63 Å². The molecule has 29 heavy (non-hydrogen) atoms. The molecule has 0 aliphatic heterocycles. The molecule has 0 bridgehead atoms. The highest BCUT2D eigenvalue weighted by molar-refractivity contribution is 6.01. The molecule has 3 aromatic carbocycles. The van der Waals surface area contributed by atoms with Crippen molar-refractivity contribution < 1.29 is 4.42 Å². The Balaban J connectivity index is 1.83. The van der Waals surface area contributed by atoms with Crippen molar-refractivity contribution in [3.63, 3.8) is 0 Å². The number of rotatable bonds is 3. The van der Waals surface area contributed by atoms with Crippen LogP contribution in [0.1, 0.15) is 5.56 Å². The normalized spacial score (nSPS) is 11.1. The molecule has 5 aromatic rings. The molecular weight excluding hydrogens is 360 g/mol. The predicted molar refractivity (Wildman–Crippen MR) is 115 cm³/mol. The molecule has 2 heterocycles. The Morgan fingerprint density at radius 3 is 2.31 bits per heavy atom. The fourth-order valence-corrected chi connectivity index (χ4v) is 3.66. The molecule has 0 amide bonds. The number of para-hydroxylation sites is 1. The van der Waals surface area contributed by atoms with Crippen LogP contribution in [0.4, 0.5) is 0 Å². The first-order valence-corrected chi connectivity index (χ1v) is 9.44. The highest BCUT2D eigenvalue weighted by atomic mass is 16.4. The maximum Gasteiger partial charge on any atom is 0.344 e. The van der Waals surface area contributed by atoms with E-state index in [0.29, 0.717) is 11.1 Å². The molecule has 2 aromatic heterocycles. The van der Waals surface area contributed by atoms with Crippen molar-refractivity contribution in [1.82, 2.24) is 9.78 Å². The smallest absolute Gasteiger partial charge is 0.344 e. The van der Waals surface area contributed by atoms with E-state index in [2.05, 4.69) is 11.2 Å². The minimum Gasteiger partial charge on any atom is -0.422 e. The summed E-state index contributed by atoms with van der Waals surface area (Å²) in [5, 5.41) is 5.44. The topological polar surface area (TPSA) is 48.0 Å². The summed E-state index contributed by atoms with van der Waals surface area (Å²) < 4.78 is 7.49. The molecule has 0 saturated carbocycles. The van der Waals surface area contributed by atoms with Crippen molar-refractivity contribution in [3.05, 3.63) is 107 Å². The minimum absolute atomic E-state index is 0.352. The van der Waals surface area contributed by atoms with Gasteiger partial charge in [-0.25, -0.2) is 9.48 Å². The van der Waals surface area contributed by atoms with E-state index in [1.54, 1.807) is 6.20 Å². The van der Waals surface area contributed by atoms with Gasteiger partial charge < -0.3 is 4.42 Å². The molecule has 0 atom stereocenters. The van der Waals surface area contributed by atoms with E-state index >= 15 is 0 Å². The summed E-state index contributed by atoms with van der Waals surface area (Å²) in [6.45, 7) is 2.03. The van der Waals surface area contributed by atoms with Crippen molar-refractivity contribution in [1.29, 1.82) is 0 Å². The summed E-state index contributed by atoms with van der Waals surface area (Å²) in [5.74, 6) is 0. The first-order valence-electron chi connectivity index (χ1n) is 9.44. The van der Waals surface area contributed by atoms with Gasteiger partial charge in [-0.2, -0.15) is 5.10 Å². The maximum absolute atomic E-state index is 13.0. The van der Waals surface area contributed by atoms with E-state index in [-0.39, 0.29) is 5.63 Å². The molecule has 0 radical (unpaired) electrons. The average molecular weight is 378 g/mol. The van der Waals surface area contributed by atoms with Crippen LogP contribution in [0.3, 0.4) is 0 Å². The van der Waals surface area contributed by atoms with Crippen LogP contribution in [0.2, 0.25) is 0 Å².